The monoisotopic (exact) mass is 239 g/mol. The molecule has 0 radical (unpaired) electrons. The third-order valence-electron chi connectivity index (χ3n) is 2.42. The molecule has 1 aromatic rings. The number of hydrogen-bond donors (Lipinski definition) is 1. The highest BCUT2D eigenvalue weighted by molar-refractivity contribution is 5.85. The van der Waals surface area contributed by atoms with Gasteiger partial charge in [-0.05, 0) is 36.6 Å². The van der Waals surface area contributed by atoms with Crippen molar-refractivity contribution in [3.8, 4) is 0 Å². The van der Waals surface area contributed by atoms with Gasteiger partial charge < -0.3 is 5.73 Å². The fourth-order valence-corrected chi connectivity index (χ4v) is 1.40. The molecule has 0 fully saturated rings. The van der Waals surface area contributed by atoms with Gasteiger partial charge in [0, 0.05) is 6.54 Å². The minimum absolute atomic E-state index is 0. The quantitative estimate of drug-likeness (QED) is 0.800. The maximum Gasteiger partial charge on any atom is 0.416 e. The van der Waals surface area contributed by atoms with Gasteiger partial charge in [0.2, 0.25) is 0 Å². The fraction of sp³-hybridized carbons (Fsp3) is 0.400. The van der Waals surface area contributed by atoms with Crippen LogP contribution >= 0.6 is 12.4 Å². The smallest absolute Gasteiger partial charge is 0.326 e. The van der Waals surface area contributed by atoms with Gasteiger partial charge in [-0.25, -0.2) is 0 Å². The van der Waals surface area contributed by atoms with Gasteiger partial charge in [0.25, 0.3) is 0 Å². The van der Waals surface area contributed by atoms with Crippen molar-refractivity contribution in [3.63, 3.8) is 0 Å². The minimum atomic E-state index is -4.28. The Balaban J connectivity index is 0.00000196. The van der Waals surface area contributed by atoms with Crippen LogP contribution in [0.1, 0.15) is 22.3 Å². The van der Waals surface area contributed by atoms with E-state index in [1.807, 2.05) is 0 Å². The molecule has 1 nitrogen and oxygen atoms in total. The summed E-state index contributed by atoms with van der Waals surface area (Å²) >= 11 is 0. The Kier molecular flexibility index (Phi) is 4.62. The lowest BCUT2D eigenvalue weighted by atomic mass is 9.98. The van der Waals surface area contributed by atoms with Gasteiger partial charge in [0.1, 0.15) is 0 Å². The molecular weight excluding hydrogens is 227 g/mol. The molecule has 5 heteroatoms. The van der Waals surface area contributed by atoms with Crippen LogP contribution in [0.3, 0.4) is 0 Å². The predicted molar refractivity (Wildman–Crippen MR) is 56.1 cm³/mol. The molecule has 0 unspecified atom stereocenters. The van der Waals surface area contributed by atoms with E-state index in [9.17, 15) is 13.2 Å². The summed E-state index contributed by atoms with van der Waals surface area (Å²) in [6.07, 6.45) is -4.28. The van der Waals surface area contributed by atoms with E-state index >= 15 is 0 Å². The van der Waals surface area contributed by atoms with E-state index < -0.39 is 11.7 Å². The molecule has 0 spiro atoms. The van der Waals surface area contributed by atoms with Gasteiger partial charge >= 0.3 is 6.18 Å². The van der Waals surface area contributed by atoms with Gasteiger partial charge in [-0.15, -0.1) is 12.4 Å². The summed E-state index contributed by atoms with van der Waals surface area (Å²) in [5.41, 5.74) is 6.47. The summed E-state index contributed by atoms with van der Waals surface area (Å²) < 4.78 is 37.3. The van der Waals surface area contributed by atoms with E-state index in [-0.39, 0.29) is 24.5 Å². The Bertz CT molecular complexity index is 347. The topological polar surface area (TPSA) is 26.0 Å². The highest BCUT2D eigenvalue weighted by atomic mass is 35.5. The summed E-state index contributed by atoms with van der Waals surface area (Å²) in [6, 6.07) is 2.52. The lowest BCUT2D eigenvalue weighted by Gasteiger charge is -2.14. The van der Waals surface area contributed by atoms with Crippen molar-refractivity contribution in [1.29, 1.82) is 0 Å². The van der Waals surface area contributed by atoms with Crippen LogP contribution in [0.5, 0.6) is 0 Å². The highest BCUT2D eigenvalue weighted by Gasteiger charge is 2.32. The molecule has 0 heterocycles. The lowest BCUT2D eigenvalue weighted by Crippen LogP contribution is -2.10. The number of hydrogen-bond acceptors (Lipinski definition) is 1. The van der Waals surface area contributed by atoms with Crippen LogP contribution in [0.15, 0.2) is 12.1 Å². The molecule has 0 atom stereocenters. The first-order valence-corrected chi connectivity index (χ1v) is 4.24. The highest BCUT2D eigenvalue weighted by Crippen LogP contribution is 2.33. The van der Waals surface area contributed by atoms with E-state index in [0.29, 0.717) is 5.56 Å². The van der Waals surface area contributed by atoms with Crippen molar-refractivity contribution < 1.29 is 13.2 Å². The van der Waals surface area contributed by atoms with Gasteiger partial charge in [-0.2, -0.15) is 13.2 Å². The molecule has 0 aromatic heterocycles. The molecule has 15 heavy (non-hydrogen) atoms. The van der Waals surface area contributed by atoms with Gasteiger partial charge in [0.15, 0.2) is 0 Å². The molecule has 0 aliphatic carbocycles. The van der Waals surface area contributed by atoms with Crippen LogP contribution in [0.25, 0.3) is 0 Å². The fourth-order valence-electron chi connectivity index (χ4n) is 1.40. The van der Waals surface area contributed by atoms with Crippen LogP contribution < -0.4 is 5.73 Å². The third-order valence-corrected chi connectivity index (χ3v) is 2.42. The number of nitrogens with two attached hydrogens (primary N) is 1. The van der Waals surface area contributed by atoms with Crippen molar-refractivity contribution >= 4 is 12.4 Å². The number of halogens is 4. The first-order chi connectivity index (χ1) is 6.38. The average Bonchev–Trinajstić information content (AvgIpc) is 2.07. The molecule has 0 bridgehead atoms. The maximum absolute atomic E-state index is 12.4. The summed E-state index contributed by atoms with van der Waals surface area (Å²) in [5.74, 6) is 0. The van der Waals surface area contributed by atoms with Gasteiger partial charge in [0.05, 0.1) is 5.56 Å². The Labute approximate surface area is 92.9 Å². The lowest BCUT2D eigenvalue weighted by molar-refractivity contribution is -0.138. The number of benzene rings is 1. The third kappa shape index (κ3) is 2.86. The second-order valence-corrected chi connectivity index (χ2v) is 3.22. The van der Waals surface area contributed by atoms with Crippen LogP contribution in [-0.4, -0.2) is 0 Å². The second-order valence-electron chi connectivity index (χ2n) is 3.22. The van der Waals surface area contributed by atoms with Crippen molar-refractivity contribution in [1.82, 2.24) is 0 Å². The molecule has 0 amide bonds. The number of rotatable bonds is 1. The van der Waals surface area contributed by atoms with Crippen LogP contribution in [0.4, 0.5) is 13.2 Å². The molecule has 1 aromatic carbocycles. The summed E-state index contributed by atoms with van der Waals surface area (Å²) in [5, 5.41) is 0. The predicted octanol–water partition coefficient (Wildman–Crippen LogP) is 3.20. The Morgan fingerprint density at radius 2 is 1.67 bits per heavy atom. The van der Waals surface area contributed by atoms with Crippen LogP contribution in [-0.2, 0) is 12.7 Å². The van der Waals surface area contributed by atoms with E-state index in [1.54, 1.807) is 6.92 Å². The van der Waals surface area contributed by atoms with Gasteiger partial charge in [-0.3, -0.25) is 0 Å². The molecular formula is C10H13ClF3N. The average molecular weight is 240 g/mol. The van der Waals surface area contributed by atoms with Crippen molar-refractivity contribution in [2.75, 3.05) is 0 Å². The Morgan fingerprint density at radius 3 is 2.07 bits per heavy atom. The maximum atomic E-state index is 12.4. The van der Waals surface area contributed by atoms with Crippen molar-refractivity contribution in [2.45, 2.75) is 26.6 Å². The first-order valence-electron chi connectivity index (χ1n) is 4.24. The zero-order valence-electron chi connectivity index (χ0n) is 8.48. The van der Waals surface area contributed by atoms with Gasteiger partial charge in [-0.1, -0.05) is 6.07 Å². The van der Waals surface area contributed by atoms with Crippen LogP contribution in [0, 0.1) is 13.8 Å². The normalized spacial score (nSPS) is 11.1. The molecule has 1 rings (SSSR count). The Hall–Kier alpha value is -0.740. The van der Waals surface area contributed by atoms with E-state index in [4.69, 9.17) is 5.73 Å². The zero-order valence-corrected chi connectivity index (χ0v) is 9.30. The number of alkyl halides is 3. The van der Waals surface area contributed by atoms with Crippen molar-refractivity contribution in [3.05, 3.63) is 34.4 Å². The van der Waals surface area contributed by atoms with E-state index in [2.05, 4.69) is 0 Å². The summed E-state index contributed by atoms with van der Waals surface area (Å²) in [4.78, 5) is 0. The second kappa shape index (κ2) is 4.86. The van der Waals surface area contributed by atoms with Crippen molar-refractivity contribution in [2.24, 2.45) is 5.73 Å². The van der Waals surface area contributed by atoms with E-state index in [1.165, 1.54) is 13.0 Å². The zero-order chi connectivity index (χ0) is 10.9. The largest absolute Gasteiger partial charge is 0.416 e. The summed E-state index contributed by atoms with van der Waals surface area (Å²) in [7, 11) is 0. The molecule has 0 aliphatic rings. The Morgan fingerprint density at radius 1 is 1.13 bits per heavy atom. The van der Waals surface area contributed by atoms with Crippen LogP contribution in [0.2, 0.25) is 0 Å². The first kappa shape index (κ1) is 14.3. The van der Waals surface area contributed by atoms with E-state index in [0.717, 1.165) is 11.6 Å². The molecule has 2 N–H and O–H groups in total. The standard InChI is InChI=1S/C10H12F3N.ClH/c1-6-7(2)9(10(11,12)13)4-3-8(6)5-14;/h3-4H,5,14H2,1-2H3;1H. The summed E-state index contributed by atoms with van der Waals surface area (Å²) in [6.45, 7) is 3.40. The minimum Gasteiger partial charge on any atom is -0.326 e. The SMILES string of the molecule is Cc1c(CN)ccc(C(F)(F)F)c1C.Cl. The molecule has 0 saturated heterocycles. The molecule has 86 valence electrons. The molecule has 0 saturated carbocycles. The molecule has 0 aliphatic heterocycles.